The molecule has 386 valence electrons. The zero-order chi connectivity index (χ0) is 54.4. The molecule has 0 bridgehead atoms. The summed E-state index contributed by atoms with van der Waals surface area (Å²) in [6, 6.07) is 67.0. The maximum Gasteiger partial charge on any atom is 0.257 e. The Morgan fingerprint density at radius 1 is 0.392 bits per heavy atom. The summed E-state index contributed by atoms with van der Waals surface area (Å²) in [5.41, 5.74) is 19.2. The number of benzene rings is 11. The minimum atomic E-state index is -0.229. The molecular weight excluding hydrogens is 960 g/mol. The highest BCUT2D eigenvalue weighted by Crippen LogP contribution is 2.50. The van der Waals surface area contributed by atoms with E-state index in [1.54, 1.807) is 0 Å². The van der Waals surface area contributed by atoms with E-state index in [1.165, 1.54) is 65.4 Å². The number of anilines is 3. The van der Waals surface area contributed by atoms with Gasteiger partial charge < -0.3 is 18.6 Å². The van der Waals surface area contributed by atoms with Gasteiger partial charge in [-0.1, -0.05) is 192 Å². The number of ether oxygens (including phenoxy) is 1. The van der Waals surface area contributed by atoms with Crippen LogP contribution in [-0.2, 0) is 21.7 Å². The average molecular weight is 1030 g/mol. The van der Waals surface area contributed by atoms with Gasteiger partial charge in [0.05, 0.1) is 16.7 Å². The molecule has 79 heavy (non-hydrogen) atoms. The number of fused-ring (bicyclic) bond motifs is 12. The first-order valence-corrected chi connectivity index (χ1v) is 28.3. The van der Waals surface area contributed by atoms with Crippen LogP contribution in [0.2, 0.25) is 0 Å². The predicted molar refractivity (Wildman–Crippen MR) is 338 cm³/mol. The van der Waals surface area contributed by atoms with Crippen LogP contribution in [0.5, 0.6) is 11.5 Å². The molecular formula is C74H65BN2O2. The molecule has 11 aromatic carbocycles. The smallest absolute Gasteiger partial charge is 0.257 e. The molecule has 2 aromatic heterocycles. The minimum Gasteiger partial charge on any atom is -0.458 e. The Kier molecular flexibility index (Phi) is 9.80. The number of aromatic nitrogens is 1. The van der Waals surface area contributed by atoms with Crippen molar-refractivity contribution in [3.05, 3.63) is 198 Å². The summed E-state index contributed by atoms with van der Waals surface area (Å²) in [7, 11) is 0. The van der Waals surface area contributed by atoms with Gasteiger partial charge in [-0.2, -0.15) is 0 Å². The quantitative estimate of drug-likeness (QED) is 0.131. The third kappa shape index (κ3) is 7.07. The lowest BCUT2D eigenvalue weighted by Gasteiger charge is -2.41. The van der Waals surface area contributed by atoms with Gasteiger partial charge in [-0.3, -0.25) is 0 Å². The van der Waals surface area contributed by atoms with Crippen molar-refractivity contribution in [1.82, 2.24) is 4.57 Å². The van der Waals surface area contributed by atoms with E-state index in [9.17, 15) is 0 Å². The Bertz CT molecular complexity index is 4630. The molecule has 0 unspecified atom stereocenters. The standard InChI is InChI=1S/C74H65BN2O2/c1-71(2,3)47-25-22-42(23-26-47)46-37-59-67-63(38-46)79-69-53-33-24-44-17-15-16-43-20-21-45(65(53)64(43)44)36-56(69)75(67)68-60(76(59)51-31-27-48(28-32-51)72(4,5)6)41-61(70-66(68)52-18-13-14-19-62(52)78-70)77-57-34-29-49(73(7,8)9)39-54(57)55-40-50(74(10,11)12)30-35-58(55)77/h13-41H,1-12H3. The molecule has 2 aliphatic rings. The molecule has 0 saturated heterocycles. The second kappa shape index (κ2) is 16.2. The molecule has 0 atom stereocenters. The van der Waals surface area contributed by atoms with Crippen molar-refractivity contribution < 1.29 is 9.15 Å². The zero-order valence-electron chi connectivity index (χ0n) is 47.5. The summed E-state index contributed by atoms with van der Waals surface area (Å²) < 4.78 is 17.6. The highest BCUT2D eigenvalue weighted by atomic mass is 16.5. The molecule has 0 spiro atoms. The van der Waals surface area contributed by atoms with Gasteiger partial charge in [-0.05, 0) is 160 Å². The van der Waals surface area contributed by atoms with E-state index in [0.29, 0.717) is 0 Å². The molecule has 2 aliphatic heterocycles. The van der Waals surface area contributed by atoms with Crippen molar-refractivity contribution in [1.29, 1.82) is 0 Å². The number of para-hydroxylation sites is 1. The second-order valence-corrected chi connectivity index (χ2v) is 27.0. The maximum atomic E-state index is 7.66. The highest BCUT2D eigenvalue weighted by Gasteiger charge is 2.46. The Morgan fingerprint density at radius 3 is 1.59 bits per heavy atom. The number of nitrogens with zero attached hydrogens (tertiary/aromatic N) is 2. The first kappa shape index (κ1) is 47.9. The lowest BCUT2D eigenvalue weighted by atomic mass is 9.33. The highest BCUT2D eigenvalue weighted by molar-refractivity contribution is 7.01. The van der Waals surface area contributed by atoms with Gasteiger partial charge in [-0.25, -0.2) is 0 Å². The van der Waals surface area contributed by atoms with E-state index >= 15 is 0 Å². The summed E-state index contributed by atoms with van der Waals surface area (Å²) >= 11 is 0. The zero-order valence-corrected chi connectivity index (χ0v) is 47.5. The molecule has 4 heterocycles. The summed E-state index contributed by atoms with van der Waals surface area (Å²) in [5.74, 6) is 1.79. The fourth-order valence-electron chi connectivity index (χ4n) is 13.5. The fraction of sp³-hybridized carbons (Fsp3) is 0.216. The van der Waals surface area contributed by atoms with Gasteiger partial charge in [0.25, 0.3) is 6.71 Å². The number of rotatable bonds is 3. The van der Waals surface area contributed by atoms with Gasteiger partial charge in [0, 0.05) is 49.4 Å². The summed E-state index contributed by atoms with van der Waals surface area (Å²) in [5, 5.41) is 12.0. The predicted octanol–water partition coefficient (Wildman–Crippen LogP) is 18.8. The van der Waals surface area contributed by atoms with E-state index in [4.69, 9.17) is 9.15 Å². The molecule has 13 aromatic rings. The minimum absolute atomic E-state index is 0.0162. The normalized spacial score (nSPS) is 13.9. The Morgan fingerprint density at radius 2 is 0.962 bits per heavy atom. The first-order chi connectivity index (χ1) is 37.7. The van der Waals surface area contributed by atoms with Crippen molar-refractivity contribution in [2.45, 2.75) is 105 Å². The molecule has 0 saturated carbocycles. The van der Waals surface area contributed by atoms with E-state index in [0.717, 1.165) is 94.7 Å². The summed E-state index contributed by atoms with van der Waals surface area (Å²) in [6.07, 6.45) is 0. The SMILES string of the molecule is CC(C)(C)c1ccc(-c2cc3c4c(c2)N(c2ccc(C(C)(C)C)cc2)c2cc(-n5c6ccc(C(C)(C)C)cc6c6cc(C(C)(C)C)ccc65)c5oc6ccccc6c5c2B4c2cc4ccc5cccc6ccc(c2O3)c4c56)cc1. The first-order valence-electron chi connectivity index (χ1n) is 28.3. The van der Waals surface area contributed by atoms with E-state index in [1.807, 2.05) is 0 Å². The third-order valence-corrected chi connectivity index (χ3v) is 17.8. The summed E-state index contributed by atoms with van der Waals surface area (Å²) in [4.78, 5) is 2.55. The van der Waals surface area contributed by atoms with Crippen molar-refractivity contribution in [2.24, 2.45) is 0 Å². The van der Waals surface area contributed by atoms with Crippen LogP contribution in [0, 0.1) is 0 Å². The van der Waals surface area contributed by atoms with Gasteiger partial charge >= 0.3 is 0 Å². The van der Waals surface area contributed by atoms with Gasteiger partial charge in [0.2, 0.25) is 0 Å². The lowest BCUT2D eigenvalue weighted by Crippen LogP contribution is -2.59. The van der Waals surface area contributed by atoms with Crippen LogP contribution in [0.1, 0.15) is 105 Å². The molecule has 0 N–H and O–H groups in total. The van der Waals surface area contributed by atoms with Crippen LogP contribution in [-0.4, -0.2) is 11.3 Å². The molecule has 0 amide bonds. The lowest BCUT2D eigenvalue weighted by molar-refractivity contribution is 0.493. The van der Waals surface area contributed by atoms with Gasteiger partial charge in [0.1, 0.15) is 17.1 Å². The van der Waals surface area contributed by atoms with Crippen molar-refractivity contribution in [3.63, 3.8) is 0 Å². The van der Waals surface area contributed by atoms with E-state index in [2.05, 4.69) is 268 Å². The Balaban J connectivity index is 1.11. The van der Waals surface area contributed by atoms with E-state index in [-0.39, 0.29) is 28.4 Å². The molecule has 4 nitrogen and oxygen atoms in total. The van der Waals surface area contributed by atoms with Crippen LogP contribution in [0.25, 0.3) is 92.9 Å². The Labute approximate surface area is 463 Å². The topological polar surface area (TPSA) is 30.5 Å². The average Bonchev–Trinajstić information content (AvgIpc) is 2.98. The molecule has 0 radical (unpaired) electrons. The number of hydrogen-bond donors (Lipinski definition) is 0. The number of furan rings is 1. The van der Waals surface area contributed by atoms with Gasteiger partial charge in [0.15, 0.2) is 5.58 Å². The van der Waals surface area contributed by atoms with Crippen LogP contribution in [0.15, 0.2) is 180 Å². The van der Waals surface area contributed by atoms with Crippen LogP contribution in [0.4, 0.5) is 17.1 Å². The largest absolute Gasteiger partial charge is 0.458 e. The molecule has 0 aliphatic carbocycles. The maximum absolute atomic E-state index is 7.66. The van der Waals surface area contributed by atoms with Gasteiger partial charge in [-0.15, -0.1) is 0 Å². The molecule has 5 heteroatoms. The molecule has 0 fully saturated rings. The van der Waals surface area contributed by atoms with Crippen LogP contribution >= 0.6 is 0 Å². The Hall–Kier alpha value is -8.28. The summed E-state index contributed by atoms with van der Waals surface area (Å²) in [6.45, 7) is 27.4. The van der Waals surface area contributed by atoms with Crippen molar-refractivity contribution in [2.75, 3.05) is 4.90 Å². The van der Waals surface area contributed by atoms with Crippen molar-refractivity contribution >= 4 is 116 Å². The molecule has 15 rings (SSSR count). The fourth-order valence-corrected chi connectivity index (χ4v) is 13.5. The van der Waals surface area contributed by atoms with Crippen LogP contribution in [0.3, 0.4) is 0 Å². The van der Waals surface area contributed by atoms with Crippen molar-refractivity contribution in [3.8, 4) is 28.3 Å². The van der Waals surface area contributed by atoms with E-state index < -0.39 is 0 Å². The second-order valence-electron chi connectivity index (χ2n) is 27.0. The third-order valence-electron chi connectivity index (χ3n) is 17.8. The number of hydrogen-bond acceptors (Lipinski definition) is 3. The van der Waals surface area contributed by atoms with Crippen LogP contribution < -0.4 is 26.0 Å². The monoisotopic (exact) mass is 1020 g/mol.